The Morgan fingerprint density at radius 2 is 2.25 bits per heavy atom. The molecule has 0 aliphatic rings. The summed E-state index contributed by atoms with van der Waals surface area (Å²) in [5.41, 5.74) is 4.38. The van der Waals surface area contributed by atoms with Crippen molar-refractivity contribution in [1.29, 1.82) is 0 Å². The molecule has 1 amide bonds. The Morgan fingerprint density at radius 3 is 2.88 bits per heavy atom. The van der Waals surface area contributed by atoms with E-state index in [2.05, 4.69) is 4.98 Å². The van der Waals surface area contributed by atoms with E-state index < -0.39 is 17.2 Å². The Hall–Kier alpha value is -2.31. The van der Waals surface area contributed by atoms with Gasteiger partial charge in [-0.15, -0.1) is 0 Å². The molecule has 2 aromatic heterocycles. The average Bonchev–Trinajstić information content (AvgIpc) is 2.57. The van der Waals surface area contributed by atoms with E-state index in [-0.39, 0.29) is 17.5 Å². The number of carbonyl (C=O) groups excluding carboxylic acids is 1. The first-order valence-corrected chi connectivity index (χ1v) is 4.48. The molecule has 0 spiro atoms. The SMILES string of the molecule is Cn1c(=O)[nH]c2occ(CC(N)=O)c2c1=O. The normalized spacial score (nSPS) is 10.8. The summed E-state index contributed by atoms with van der Waals surface area (Å²) in [7, 11) is 1.33. The van der Waals surface area contributed by atoms with Gasteiger partial charge in [-0.3, -0.25) is 19.1 Å². The number of nitrogens with one attached hydrogen (secondary N) is 1. The van der Waals surface area contributed by atoms with Gasteiger partial charge in [0.05, 0.1) is 12.7 Å². The first-order valence-electron chi connectivity index (χ1n) is 4.48. The molecule has 84 valence electrons. The van der Waals surface area contributed by atoms with Gasteiger partial charge in [0.2, 0.25) is 11.6 Å². The van der Waals surface area contributed by atoms with Crippen molar-refractivity contribution in [3.8, 4) is 0 Å². The minimum atomic E-state index is -0.573. The smallest absolute Gasteiger partial charge is 0.330 e. The molecule has 0 bridgehead atoms. The second kappa shape index (κ2) is 3.37. The average molecular weight is 223 g/mol. The number of nitrogens with zero attached hydrogens (tertiary/aromatic N) is 1. The van der Waals surface area contributed by atoms with E-state index in [9.17, 15) is 14.4 Å². The minimum absolute atomic E-state index is 0.0596. The van der Waals surface area contributed by atoms with Crippen LogP contribution >= 0.6 is 0 Å². The number of primary amides is 1. The van der Waals surface area contributed by atoms with Crippen molar-refractivity contribution in [2.45, 2.75) is 6.42 Å². The Morgan fingerprint density at radius 1 is 1.56 bits per heavy atom. The lowest BCUT2D eigenvalue weighted by atomic mass is 10.2. The molecule has 0 aliphatic heterocycles. The van der Waals surface area contributed by atoms with Crippen LogP contribution in [0.25, 0.3) is 11.1 Å². The van der Waals surface area contributed by atoms with Crippen molar-refractivity contribution < 1.29 is 9.21 Å². The molecule has 7 heteroatoms. The zero-order valence-corrected chi connectivity index (χ0v) is 8.44. The highest BCUT2D eigenvalue weighted by Gasteiger charge is 2.14. The van der Waals surface area contributed by atoms with Gasteiger partial charge in [-0.2, -0.15) is 0 Å². The Bertz CT molecular complexity index is 676. The van der Waals surface area contributed by atoms with E-state index in [0.717, 1.165) is 4.57 Å². The second-order valence-corrected chi connectivity index (χ2v) is 3.40. The molecule has 0 saturated heterocycles. The van der Waals surface area contributed by atoms with Crippen molar-refractivity contribution in [3.63, 3.8) is 0 Å². The Labute approximate surface area is 88.5 Å². The van der Waals surface area contributed by atoms with Gasteiger partial charge in [-0.05, 0) is 0 Å². The maximum atomic E-state index is 11.7. The van der Waals surface area contributed by atoms with Gasteiger partial charge in [0.1, 0.15) is 5.39 Å². The van der Waals surface area contributed by atoms with Gasteiger partial charge < -0.3 is 10.2 Å². The number of nitrogens with two attached hydrogens (primary N) is 1. The largest absolute Gasteiger partial charge is 0.447 e. The predicted octanol–water partition coefficient (Wildman–Crippen LogP) is -1.15. The number of rotatable bonds is 2. The van der Waals surface area contributed by atoms with Crippen LogP contribution in [0, 0.1) is 0 Å². The molecule has 16 heavy (non-hydrogen) atoms. The third kappa shape index (κ3) is 1.42. The van der Waals surface area contributed by atoms with E-state index >= 15 is 0 Å². The quantitative estimate of drug-likeness (QED) is 0.669. The molecular weight excluding hydrogens is 214 g/mol. The van der Waals surface area contributed by atoms with E-state index in [1.165, 1.54) is 13.3 Å². The number of fused-ring (bicyclic) bond motifs is 1. The lowest BCUT2D eigenvalue weighted by molar-refractivity contribution is -0.117. The van der Waals surface area contributed by atoms with Crippen LogP contribution in [0.15, 0.2) is 20.3 Å². The molecule has 0 atom stereocenters. The first-order chi connectivity index (χ1) is 7.50. The fraction of sp³-hybridized carbons (Fsp3) is 0.222. The lowest BCUT2D eigenvalue weighted by Crippen LogP contribution is -2.32. The topological polar surface area (TPSA) is 111 Å². The summed E-state index contributed by atoms with van der Waals surface area (Å²) in [6.45, 7) is 0. The monoisotopic (exact) mass is 223 g/mol. The molecule has 0 radical (unpaired) electrons. The van der Waals surface area contributed by atoms with E-state index in [4.69, 9.17) is 10.2 Å². The van der Waals surface area contributed by atoms with Crippen LogP contribution in [0.5, 0.6) is 0 Å². The molecule has 0 aromatic carbocycles. The molecule has 0 saturated carbocycles. The van der Waals surface area contributed by atoms with Crippen LogP contribution < -0.4 is 17.0 Å². The Kier molecular flexibility index (Phi) is 2.15. The standard InChI is InChI=1S/C9H9N3O4/c1-12-8(14)6-4(2-5(10)13)3-16-7(6)11-9(12)15/h3H,2H2,1H3,(H2,10,13)(H,11,15). The maximum absolute atomic E-state index is 11.7. The number of amides is 1. The van der Waals surface area contributed by atoms with Crippen LogP contribution in [0.4, 0.5) is 0 Å². The molecule has 2 heterocycles. The minimum Gasteiger partial charge on any atom is -0.447 e. The van der Waals surface area contributed by atoms with Crippen LogP contribution in [0.3, 0.4) is 0 Å². The summed E-state index contributed by atoms with van der Waals surface area (Å²) in [4.78, 5) is 36.1. The van der Waals surface area contributed by atoms with Gasteiger partial charge in [-0.1, -0.05) is 0 Å². The first kappa shape index (κ1) is 10.2. The second-order valence-electron chi connectivity index (χ2n) is 3.40. The highest BCUT2D eigenvalue weighted by atomic mass is 16.3. The number of H-pyrrole nitrogens is 1. The zero-order chi connectivity index (χ0) is 11.9. The van der Waals surface area contributed by atoms with Crippen LogP contribution in [-0.2, 0) is 18.3 Å². The number of carbonyl (C=O) groups is 1. The number of hydrogen-bond acceptors (Lipinski definition) is 4. The summed E-state index contributed by atoms with van der Waals surface area (Å²) in [5, 5.41) is 0.181. The molecule has 0 fully saturated rings. The number of aromatic nitrogens is 2. The molecule has 2 aromatic rings. The van der Waals surface area contributed by atoms with Gasteiger partial charge >= 0.3 is 5.69 Å². The molecule has 0 unspecified atom stereocenters. The fourth-order valence-corrected chi connectivity index (χ4v) is 1.48. The maximum Gasteiger partial charge on any atom is 0.330 e. The van der Waals surface area contributed by atoms with Crippen molar-refractivity contribution in [2.24, 2.45) is 12.8 Å². The number of hydrogen-bond donors (Lipinski definition) is 2. The van der Waals surface area contributed by atoms with Crippen molar-refractivity contribution >= 4 is 17.0 Å². The van der Waals surface area contributed by atoms with Crippen molar-refractivity contribution in [3.05, 3.63) is 32.7 Å². The van der Waals surface area contributed by atoms with Crippen LogP contribution in [0.2, 0.25) is 0 Å². The highest BCUT2D eigenvalue weighted by Crippen LogP contribution is 2.14. The molecule has 0 aliphatic carbocycles. The summed E-state index contributed by atoms with van der Waals surface area (Å²) in [6, 6.07) is 0. The van der Waals surface area contributed by atoms with E-state index in [0.29, 0.717) is 5.56 Å². The van der Waals surface area contributed by atoms with Crippen molar-refractivity contribution in [1.82, 2.24) is 9.55 Å². The van der Waals surface area contributed by atoms with Gasteiger partial charge in [0.25, 0.3) is 5.56 Å². The molecule has 3 N–H and O–H groups in total. The zero-order valence-electron chi connectivity index (χ0n) is 8.44. The predicted molar refractivity (Wildman–Crippen MR) is 55.0 cm³/mol. The third-order valence-electron chi connectivity index (χ3n) is 2.28. The van der Waals surface area contributed by atoms with Gasteiger partial charge in [0.15, 0.2) is 0 Å². The van der Waals surface area contributed by atoms with Gasteiger partial charge in [-0.25, -0.2) is 4.79 Å². The lowest BCUT2D eigenvalue weighted by Gasteiger charge is -1.96. The molecular formula is C9H9N3O4. The molecule has 7 nitrogen and oxygen atoms in total. The van der Waals surface area contributed by atoms with E-state index in [1.807, 2.05) is 0 Å². The number of aromatic amines is 1. The van der Waals surface area contributed by atoms with E-state index in [1.54, 1.807) is 0 Å². The highest BCUT2D eigenvalue weighted by molar-refractivity contribution is 5.84. The Balaban J connectivity index is 2.81. The summed E-state index contributed by atoms with van der Waals surface area (Å²) in [6.07, 6.45) is 1.14. The van der Waals surface area contributed by atoms with Crippen LogP contribution in [-0.4, -0.2) is 15.5 Å². The summed E-state index contributed by atoms with van der Waals surface area (Å²) < 4.78 is 5.90. The number of furan rings is 1. The summed E-state index contributed by atoms with van der Waals surface area (Å²) >= 11 is 0. The summed E-state index contributed by atoms with van der Waals surface area (Å²) in [5.74, 6) is -0.573. The third-order valence-corrected chi connectivity index (χ3v) is 2.28. The van der Waals surface area contributed by atoms with Crippen LogP contribution in [0.1, 0.15) is 5.56 Å². The molecule has 2 rings (SSSR count). The fourth-order valence-electron chi connectivity index (χ4n) is 1.48. The van der Waals surface area contributed by atoms with Gasteiger partial charge in [0, 0.05) is 12.6 Å². The van der Waals surface area contributed by atoms with Crippen molar-refractivity contribution in [2.75, 3.05) is 0 Å².